The number of carbonyl (C=O) groups excluding carboxylic acids is 2. The van der Waals surface area contributed by atoms with Crippen LogP contribution in [-0.4, -0.2) is 65.7 Å². The highest BCUT2D eigenvalue weighted by Crippen LogP contribution is 2.72. The predicted molar refractivity (Wildman–Crippen MR) is 151 cm³/mol. The number of allylic oxidation sites excluding steroid dienone is 3. The Morgan fingerprint density at radius 1 is 1.13 bits per heavy atom. The molecule has 0 amide bonds. The highest BCUT2D eigenvalue weighted by atomic mass is 127. The van der Waals surface area contributed by atoms with E-state index in [1.54, 1.807) is 6.08 Å². The van der Waals surface area contributed by atoms with Gasteiger partial charge < -0.3 is 23.7 Å². The van der Waals surface area contributed by atoms with E-state index in [0.29, 0.717) is 19.6 Å². The van der Waals surface area contributed by atoms with Crippen molar-refractivity contribution in [1.29, 1.82) is 0 Å². The van der Waals surface area contributed by atoms with Crippen LogP contribution in [0.25, 0.3) is 0 Å². The number of hydrogen-bond acceptors (Lipinski definition) is 7. The lowest BCUT2D eigenvalue weighted by Crippen LogP contribution is -2.66. The van der Waals surface area contributed by atoms with Crippen LogP contribution in [-0.2, 0) is 33.3 Å². The minimum Gasteiger partial charge on any atom is -0.464 e. The molecule has 0 aromatic carbocycles. The van der Waals surface area contributed by atoms with E-state index in [0.717, 1.165) is 19.3 Å². The van der Waals surface area contributed by atoms with Gasteiger partial charge >= 0.3 is 11.9 Å². The maximum atomic E-state index is 13.4. The predicted octanol–water partition coefficient (Wildman–Crippen LogP) is 5.11. The monoisotopic (exact) mass is 640 g/mol. The van der Waals surface area contributed by atoms with Gasteiger partial charge in [0.15, 0.2) is 0 Å². The summed E-state index contributed by atoms with van der Waals surface area (Å²) in [5, 5.41) is 0. The van der Waals surface area contributed by atoms with Gasteiger partial charge in [0, 0.05) is 24.5 Å². The van der Waals surface area contributed by atoms with Crippen LogP contribution in [0.3, 0.4) is 0 Å². The summed E-state index contributed by atoms with van der Waals surface area (Å²) in [4.78, 5) is 26.4. The van der Waals surface area contributed by atoms with E-state index in [9.17, 15) is 9.59 Å². The Hall–Kier alpha value is -1.23. The first kappa shape index (κ1) is 28.3. The Labute approximate surface area is 239 Å². The number of hydrogen-bond donors (Lipinski definition) is 0. The molecular weight excluding hydrogens is 599 g/mol. The molecule has 2 bridgehead atoms. The van der Waals surface area contributed by atoms with Crippen molar-refractivity contribution >= 4 is 34.5 Å². The molecule has 3 heterocycles. The third kappa shape index (κ3) is 4.61. The lowest BCUT2D eigenvalue weighted by atomic mass is 9.51. The van der Waals surface area contributed by atoms with E-state index >= 15 is 0 Å². The van der Waals surface area contributed by atoms with Crippen LogP contribution >= 0.6 is 22.6 Å². The fraction of sp³-hybridized carbons (Fsp3) is 0.733. The molecule has 0 aromatic rings. The summed E-state index contributed by atoms with van der Waals surface area (Å²) < 4.78 is 31.0. The largest absolute Gasteiger partial charge is 0.464 e. The van der Waals surface area contributed by atoms with Crippen molar-refractivity contribution in [3.8, 4) is 0 Å². The average Bonchev–Trinajstić information content (AvgIpc) is 3.65. The third-order valence-corrected chi connectivity index (χ3v) is 11.6. The maximum absolute atomic E-state index is 13.4. The van der Waals surface area contributed by atoms with Gasteiger partial charge in [-0.2, -0.15) is 0 Å². The summed E-state index contributed by atoms with van der Waals surface area (Å²) >= 11 is 2.21. The molecular formula is C30H41IO7. The lowest BCUT2D eigenvalue weighted by Gasteiger charge is -2.58. The van der Waals surface area contributed by atoms with Gasteiger partial charge in [0.05, 0.1) is 30.3 Å². The average molecular weight is 641 g/mol. The van der Waals surface area contributed by atoms with Crippen LogP contribution in [0.2, 0.25) is 0 Å². The molecule has 0 radical (unpaired) electrons. The second-order valence-electron chi connectivity index (χ2n) is 12.4. The van der Waals surface area contributed by atoms with Gasteiger partial charge in [0.2, 0.25) is 0 Å². The van der Waals surface area contributed by atoms with E-state index in [1.165, 1.54) is 11.6 Å². The van der Waals surface area contributed by atoms with Gasteiger partial charge in [-0.05, 0) is 38.0 Å². The quantitative estimate of drug-likeness (QED) is 0.130. The molecule has 5 rings (SSSR count). The molecule has 38 heavy (non-hydrogen) atoms. The SMILES string of the molecule is CC1=C[C@H]2O[C@@H]3C[C@H]4OC(=O)/C=C\C=C\[C@H](C(C)C)OCC[C@@H](C)[C@H](I)C(=O)OC[C@@]2(CC1)[C@]4(C)[C@]31CO1. The summed E-state index contributed by atoms with van der Waals surface area (Å²) in [5.74, 6) is -0.233. The highest BCUT2D eigenvalue weighted by molar-refractivity contribution is 14.1. The Morgan fingerprint density at radius 2 is 1.89 bits per heavy atom. The summed E-state index contributed by atoms with van der Waals surface area (Å²) in [5.41, 5.74) is -0.369. The van der Waals surface area contributed by atoms with E-state index in [1.807, 2.05) is 12.2 Å². The molecule has 3 aliphatic heterocycles. The van der Waals surface area contributed by atoms with Crippen LogP contribution in [0.1, 0.15) is 60.3 Å². The van der Waals surface area contributed by atoms with Gasteiger partial charge in [0.25, 0.3) is 0 Å². The number of rotatable bonds is 1. The smallest absolute Gasteiger partial charge is 0.331 e. The summed E-state index contributed by atoms with van der Waals surface area (Å²) in [6.07, 6.45) is 11.3. The topological polar surface area (TPSA) is 83.6 Å². The fourth-order valence-electron chi connectivity index (χ4n) is 7.14. The molecule has 1 saturated carbocycles. The number of alkyl halides is 1. The molecule has 3 fully saturated rings. The van der Waals surface area contributed by atoms with Crippen molar-refractivity contribution in [2.24, 2.45) is 22.7 Å². The standard InChI is InChI=1S/C30H41IO7/c1-18(2)21-8-6-7-9-25(32)38-22-15-24-30(17-36-30)28(22,5)29(12-10-19(3)14-23(29)37-24)16-35-27(33)26(31)20(4)11-13-34-21/h6-9,14,18,20-24,26H,10-13,15-17H2,1-5H3/b8-6+,9-7-/t20-,21-,22-,23-,24-,26+,28-,29-,30+/m1/s1. The molecule has 7 nitrogen and oxygen atoms in total. The number of carbonyl (C=O) groups is 2. The van der Waals surface area contributed by atoms with Crippen molar-refractivity contribution in [1.82, 2.24) is 0 Å². The number of esters is 2. The van der Waals surface area contributed by atoms with E-state index in [-0.39, 0.29) is 52.6 Å². The second-order valence-corrected chi connectivity index (χ2v) is 13.7. The summed E-state index contributed by atoms with van der Waals surface area (Å²) in [6.45, 7) is 11.9. The minimum atomic E-state index is -0.557. The second kappa shape index (κ2) is 10.6. The van der Waals surface area contributed by atoms with Gasteiger partial charge in [0.1, 0.15) is 22.2 Å². The minimum absolute atomic E-state index is 0.0852. The first-order valence-electron chi connectivity index (χ1n) is 14.0. The lowest BCUT2D eigenvalue weighted by molar-refractivity contribution is -0.233. The van der Waals surface area contributed by atoms with Crippen LogP contribution < -0.4 is 0 Å². The molecule has 2 spiro atoms. The Bertz CT molecular complexity index is 1030. The molecule has 0 aromatic heterocycles. The maximum Gasteiger partial charge on any atom is 0.331 e. The Morgan fingerprint density at radius 3 is 2.61 bits per heavy atom. The van der Waals surface area contributed by atoms with Crippen molar-refractivity contribution in [2.45, 2.75) is 94.2 Å². The van der Waals surface area contributed by atoms with Crippen molar-refractivity contribution in [3.05, 3.63) is 36.0 Å². The number of ether oxygens (including phenoxy) is 5. The van der Waals surface area contributed by atoms with E-state index < -0.39 is 22.5 Å². The molecule has 9 atom stereocenters. The highest BCUT2D eigenvalue weighted by Gasteiger charge is 2.83. The van der Waals surface area contributed by atoms with Crippen molar-refractivity contribution in [3.63, 3.8) is 0 Å². The summed E-state index contributed by atoms with van der Waals surface area (Å²) in [7, 11) is 0. The van der Waals surface area contributed by atoms with Crippen LogP contribution in [0.15, 0.2) is 36.0 Å². The molecule has 210 valence electrons. The van der Waals surface area contributed by atoms with Crippen LogP contribution in [0.5, 0.6) is 0 Å². The molecule has 5 aliphatic rings. The zero-order chi connectivity index (χ0) is 27.3. The third-order valence-electron chi connectivity index (χ3n) is 9.86. The van der Waals surface area contributed by atoms with Gasteiger partial charge in [-0.25, -0.2) is 4.79 Å². The molecule has 2 saturated heterocycles. The zero-order valence-corrected chi connectivity index (χ0v) is 25.3. The fourth-order valence-corrected chi connectivity index (χ4v) is 7.68. The molecule has 8 heteroatoms. The van der Waals surface area contributed by atoms with Gasteiger partial charge in [-0.1, -0.05) is 80.2 Å². The molecule has 0 unspecified atom stereocenters. The molecule has 0 N–H and O–H groups in total. The van der Waals surface area contributed by atoms with E-state index in [4.69, 9.17) is 23.7 Å². The first-order chi connectivity index (χ1) is 18.0. The first-order valence-corrected chi connectivity index (χ1v) is 15.2. The van der Waals surface area contributed by atoms with E-state index in [2.05, 4.69) is 63.3 Å². The van der Waals surface area contributed by atoms with Gasteiger partial charge in [-0.3, -0.25) is 4.79 Å². The van der Waals surface area contributed by atoms with Crippen LogP contribution in [0.4, 0.5) is 0 Å². The Kier molecular flexibility index (Phi) is 7.92. The van der Waals surface area contributed by atoms with Crippen molar-refractivity contribution in [2.75, 3.05) is 19.8 Å². The van der Waals surface area contributed by atoms with Gasteiger partial charge in [-0.15, -0.1) is 0 Å². The van der Waals surface area contributed by atoms with Crippen molar-refractivity contribution < 1.29 is 33.3 Å². The Balaban J connectivity index is 1.51. The summed E-state index contributed by atoms with van der Waals surface area (Å²) in [6, 6.07) is 0. The number of cyclic esters (lactones) is 1. The zero-order valence-electron chi connectivity index (χ0n) is 23.1. The number of epoxide rings is 1. The normalized spacial score (nSPS) is 47.3. The number of halogens is 1. The van der Waals surface area contributed by atoms with Crippen LogP contribution in [0, 0.1) is 22.7 Å². The molecule has 2 aliphatic carbocycles.